The van der Waals surface area contributed by atoms with Crippen LogP contribution in [0.5, 0.6) is 0 Å². The van der Waals surface area contributed by atoms with Crippen LogP contribution in [0.3, 0.4) is 0 Å². The second-order valence-electron chi connectivity index (χ2n) is 6.09. The van der Waals surface area contributed by atoms with Gasteiger partial charge in [0.2, 0.25) is 5.91 Å². The van der Waals surface area contributed by atoms with Gasteiger partial charge in [0.05, 0.1) is 25.3 Å². The average molecular weight is 290 g/mol. The van der Waals surface area contributed by atoms with Crippen LogP contribution in [0.4, 0.5) is 8.78 Å². The summed E-state index contributed by atoms with van der Waals surface area (Å²) in [5, 5.41) is 12.9. The van der Waals surface area contributed by atoms with Crippen LogP contribution in [0.1, 0.15) is 19.3 Å². The topological polar surface area (TPSA) is 61.8 Å². The van der Waals surface area contributed by atoms with E-state index in [1.165, 1.54) is 0 Å². The Hall–Kier alpha value is -0.790. The van der Waals surface area contributed by atoms with E-state index in [9.17, 15) is 18.7 Å². The molecule has 3 aliphatic rings. The summed E-state index contributed by atoms with van der Waals surface area (Å²) >= 11 is 0. The van der Waals surface area contributed by atoms with E-state index in [-0.39, 0.29) is 37.9 Å². The van der Waals surface area contributed by atoms with Crippen molar-refractivity contribution in [3.8, 4) is 0 Å². The molecular formula is C13H20F2N2O3. The Labute approximate surface area is 116 Å². The highest BCUT2D eigenvalue weighted by Gasteiger charge is 2.43. The molecule has 2 saturated heterocycles. The van der Waals surface area contributed by atoms with Crippen LogP contribution in [-0.4, -0.2) is 66.3 Å². The number of halogens is 2. The van der Waals surface area contributed by atoms with E-state index in [0.717, 1.165) is 12.8 Å². The van der Waals surface area contributed by atoms with Crippen molar-refractivity contribution in [1.82, 2.24) is 10.2 Å². The lowest BCUT2D eigenvalue weighted by Crippen LogP contribution is -2.47. The molecule has 3 atom stereocenters. The van der Waals surface area contributed by atoms with Gasteiger partial charge in [0, 0.05) is 25.4 Å². The Bertz CT molecular complexity index is 390. The highest BCUT2D eigenvalue weighted by molar-refractivity contribution is 5.81. The number of alkyl halides is 2. The molecule has 20 heavy (non-hydrogen) atoms. The second-order valence-corrected chi connectivity index (χ2v) is 6.09. The molecule has 114 valence electrons. The number of carbonyl (C=O) groups excluding carboxylic acids is 1. The Morgan fingerprint density at radius 2 is 2.20 bits per heavy atom. The van der Waals surface area contributed by atoms with Gasteiger partial charge in [-0.05, 0) is 12.8 Å². The lowest BCUT2D eigenvalue weighted by Gasteiger charge is -2.23. The van der Waals surface area contributed by atoms with Crippen molar-refractivity contribution in [2.45, 2.75) is 43.4 Å². The van der Waals surface area contributed by atoms with Gasteiger partial charge in [-0.1, -0.05) is 0 Å². The standard InChI is InChI=1S/C13H20F2N2O3/c14-13(15)3-4-17(7-13)5-10-11(18)9(6-20-10)16-12(19)8-1-2-8/h8-11,18H,1-7H2,(H,16,19)/t9-,10-,11+/m0/s1. The van der Waals surface area contributed by atoms with Gasteiger partial charge in [-0.15, -0.1) is 0 Å². The number of nitrogens with one attached hydrogen (secondary N) is 1. The molecule has 5 nitrogen and oxygen atoms in total. The number of aliphatic hydroxyl groups is 1. The molecule has 0 aromatic heterocycles. The van der Waals surface area contributed by atoms with Gasteiger partial charge in [0.15, 0.2) is 0 Å². The molecule has 1 aliphatic carbocycles. The molecule has 0 spiro atoms. The summed E-state index contributed by atoms with van der Waals surface area (Å²) in [4.78, 5) is 13.3. The normalized spacial score (nSPS) is 37.2. The van der Waals surface area contributed by atoms with Crippen LogP contribution in [0.15, 0.2) is 0 Å². The molecule has 3 rings (SSSR count). The van der Waals surface area contributed by atoms with Crippen LogP contribution in [0, 0.1) is 5.92 Å². The van der Waals surface area contributed by atoms with Gasteiger partial charge in [0.25, 0.3) is 5.92 Å². The van der Waals surface area contributed by atoms with Crippen molar-refractivity contribution in [3.63, 3.8) is 0 Å². The van der Waals surface area contributed by atoms with Crippen LogP contribution in [0.25, 0.3) is 0 Å². The van der Waals surface area contributed by atoms with Gasteiger partial charge in [0.1, 0.15) is 6.10 Å². The minimum atomic E-state index is -2.64. The SMILES string of the molecule is O=C(N[C@H]1CO[C@@H](CN2CCC(F)(F)C2)[C@@H]1O)C1CC1. The predicted octanol–water partition coefficient (Wildman–Crippen LogP) is -0.0181. The molecule has 0 radical (unpaired) electrons. The summed E-state index contributed by atoms with van der Waals surface area (Å²) in [5.41, 5.74) is 0. The largest absolute Gasteiger partial charge is 0.388 e. The minimum Gasteiger partial charge on any atom is -0.388 e. The average Bonchev–Trinajstić information content (AvgIpc) is 3.11. The zero-order chi connectivity index (χ0) is 14.3. The third-order valence-electron chi connectivity index (χ3n) is 4.25. The number of nitrogens with zero attached hydrogens (tertiary/aromatic N) is 1. The van der Waals surface area contributed by atoms with Crippen LogP contribution >= 0.6 is 0 Å². The molecule has 0 unspecified atom stereocenters. The van der Waals surface area contributed by atoms with E-state index in [1.807, 2.05) is 0 Å². The van der Waals surface area contributed by atoms with Gasteiger partial charge >= 0.3 is 0 Å². The van der Waals surface area contributed by atoms with E-state index in [0.29, 0.717) is 6.54 Å². The number of rotatable bonds is 4. The molecule has 2 heterocycles. The highest BCUT2D eigenvalue weighted by Crippen LogP contribution is 2.30. The summed E-state index contributed by atoms with van der Waals surface area (Å²) in [6.45, 7) is 0.568. The number of hydrogen-bond donors (Lipinski definition) is 2. The second kappa shape index (κ2) is 5.20. The van der Waals surface area contributed by atoms with Gasteiger partial charge in [-0.25, -0.2) is 8.78 Å². The molecule has 2 aliphatic heterocycles. The van der Waals surface area contributed by atoms with Crippen molar-refractivity contribution >= 4 is 5.91 Å². The summed E-state index contributed by atoms with van der Waals surface area (Å²) in [6.07, 6.45) is 0.335. The van der Waals surface area contributed by atoms with E-state index < -0.39 is 24.2 Å². The molecule has 3 fully saturated rings. The summed E-state index contributed by atoms with van der Waals surface area (Å²) in [6, 6.07) is -0.420. The lowest BCUT2D eigenvalue weighted by molar-refractivity contribution is -0.123. The van der Waals surface area contributed by atoms with E-state index in [1.54, 1.807) is 4.90 Å². The third kappa shape index (κ3) is 3.10. The monoisotopic (exact) mass is 290 g/mol. The number of amides is 1. The Morgan fingerprint density at radius 3 is 2.80 bits per heavy atom. The van der Waals surface area contributed by atoms with Crippen LogP contribution in [0.2, 0.25) is 0 Å². The quantitative estimate of drug-likeness (QED) is 0.764. The molecule has 2 N–H and O–H groups in total. The smallest absolute Gasteiger partial charge is 0.261 e. The van der Waals surface area contributed by atoms with E-state index in [2.05, 4.69) is 5.32 Å². The third-order valence-corrected chi connectivity index (χ3v) is 4.25. The number of aliphatic hydroxyl groups excluding tert-OH is 1. The zero-order valence-electron chi connectivity index (χ0n) is 11.2. The number of carbonyl (C=O) groups is 1. The van der Waals surface area contributed by atoms with Crippen molar-refractivity contribution in [2.75, 3.05) is 26.2 Å². The number of hydrogen-bond acceptors (Lipinski definition) is 4. The molecular weight excluding hydrogens is 270 g/mol. The molecule has 1 amide bonds. The fourth-order valence-electron chi connectivity index (χ4n) is 2.83. The summed E-state index contributed by atoms with van der Waals surface area (Å²) in [7, 11) is 0. The first-order valence-corrected chi connectivity index (χ1v) is 7.15. The number of likely N-dealkylation sites (tertiary alicyclic amines) is 1. The zero-order valence-corrected chi connectivity index (χ0v) is 11.2. The van der Waals surface area contributed by atoms with Crippen molar-refractivity contribution in [1.29, 1.82) is 0 Å². The fourth-order valence-corrected chi connectivity index (χ4v) is 2.83. The maximum Gasteiger partial charge on any atom is 0.261 e. The van der Waals surface area contributed by atoms with E-state index >= 15 is 0 Å². The molecule has 1 saturated carbocycles. The first-order chi connectivity index (χ1) is 9.44. The minimum absolute atomic E-state index is 0.0361. The van der Waals surface area contributed by atoms with Gasteiger partial charge in [-0.3, -0.25) is 9.69 Å². The first-order valence-electron chi connectivity index (χ1n) is 7.15. The van der Waals surface area contributed by atoms with Crippen molar-refractivity contribution in [3.05, 3.63) is 0 Å². The maximum absolute atomic E-state index is 13.1. The first kappa shape index (κ1) is 14.2. The van der Waals surface area contributed by atoms with Crippen LogP contribution < -0.4 is 5.32 Å². The van der Waals surface area contributed by atoms with Crippen LogP contribution in [-0.2, 0) is 9.53 Å². The van der Waals surface area contributed by atoms with Crippen molar-refractivity contribution < 1.29 is 23.4 Å². The molecule has 0 aromatic carbocycles. The Balaban J connectivity index is 1.48. The predicted molar refractivity (Wildman–Crippen MR) is 66.4 cm³/mol. The fraction of sp³-hybridized carbons (Fsp3) is 0.923. The molecule has 7 heteroatoms. The molecule has 0 bridgehead atoms. The van der Waals surface area contributed by atoms with E-state index in [4.69, 9.17) is 4.74 Å². The number of ether oxygens (including phenoxy) is 1. The Kier molecular flexibility index (Phi) is 3.68. The van der Waals surface area contributed by atoms with Gasteiger partial charge < -0.3 is 15.2 Å². The van der Waals surface area contributed by atoms with Crippen molar-refractivity contribution in [2.24, 2.45) is 5.92 Å². The lowest BCUT2D eigenvalue weighted by atomic mass is 10.1. The van der Waals surface area contributed by atoms with Gasteiger partial charge in [-0.2, -0.15) is 0 Å². The highest BCUT2D eigenvalue weighted by atomic mass is 19.3. The summed E-state index contributed by atoms with van der Waals surface area (Å²) < 4.78 is 31.7. The maximum atomic E-state index is 13.1. The Morgan fingerprint density at radius 1 is 1.45 bits per heavy atom. The summed E-state index contributed by atoms with van der Waals surface area (Å²) in [5.74, 6) is -2.59. The molecule has 0 aromatic rings.